The zero-order valence-electron chi connectivity index (χ0n) is 46.5. The van der Waals surface area contributed by atoms with Crippen LogP contribution in [0.1, 0.15) is 106 Å². The number of fused-ring (bicyclic) bond motifs is 3. The van der Waals surface area contributed by atoms with Crippen LogP contribution in [0.25, 0.3) is 0 Å². The van der Waals surface area contributed by atoms with Gasteiger partial charge >= 0.3 is 0 Å². The zero-order valence-corrected chi connectivity index (χ0v) is 46.5. The van der Waals surface area contributed by atoms with Crippen LogP contribution in [0.4, 0.5) is 0 Å². The molecule has 77 heavy (non-hydrogen) atoms. The third-order valence-electron chi connectivity index (χ3n) is 20.0. The summed E-state index contributed by atoms with van der Waals surface area (Å²) in [6, 6.07) is 0. The van der Waals surface area contributed by atoms with E-state index in [0.29, 0.717) is 36.9 Å². The predicted molar refractivity (Wildman–Crippen MR) is 263 cm³/mol. The fourth-order valence-electron chi connectivity index (χ4n) is 16.1. The first kappa shape index (κ1) is 57.1. The van der Waals surface area contributed by atoms with E-state index in [2.05, 4.69) is 26.8 Å². The summed E-state index contributed by atoms with van der Waals surface area (Å²) in [6.07, 6.45) is -9.36. The van der Waals surface area contributed by atoms with Gasteiger partial charge in [0, 0.05) is 45.5 Å². The molecular weight excluding hydrogens is 1010 g/mol. The molecule has 2 saturated carbocycles. The monoisotopic (exact) mass is 1100 g/mol. The minimum absolute atomic E-state index is 0.00229. The Hall–Kier alpha value is -1.72. The number of aliphatic hydroxyl groups excluding tert-OH is 5. The van der Waals surface area contributed by atoms with E-state index in [1.165, 1.54) is 12.7 Å². The minimum Gasteiger partial charge on any atom is -0.497 e. The van der Waals surface area contributed by atoms with Gasteiger partial charge in [0.2, 0.25) is 6.29 Å². The molecule has 7 saturated heterocycles. The Bertz CT molecular complexity index is 2150. The Balaban J connectivity index is 0.671. The van der Waals surface area contributed by atoms with E-state index >= 15 is 0 Å². The maximum absolute atomic E-state index is 11.5. The van der Waals surface area contributed by atoms with E-state index in [9.17, 15) is 25.5 Å². The average molecular weight is 1100 g/mol. The topological polar surface area (TPSA) is 258 Å². The Morgan fingerprint density at radius 3 is 2.01 bits per heavy atom. The standard InChI is InChI=1S/C55H86O22/c1-24-44(32(61-8)19-37(66-24)70-29-14-16-52(5)28(18-29)12-13-31-30(52)15-17-53(6)49-36-23-65-54(49,7)77-55(31,53)76-36)72-38-20-33(62-9)45(25(2)67-38)73-39-21-34(63-10)46(26(3)68-39)74-51-43(60)48(64-11)47(27(4)69-51)75-50-42(59)41(58)40(57)35(22-56)71-50/h12,24-27,29-31,33-43,45-51,56-60H,13-23H2,1-11H3/t24-,25-,26-,27-,29+,30+,31-,33+,34-,35-,36-,37+,38+,39+,40-,41+,42-,43-,45-,46-,47-,48-,49+,50+,51+,52+,53-,54+,55+/m1/s1. The highest BCUT2D eigenvalue weighted by molar-refractivity contribution is 5.30. The summed E-state index contributed by atoms with van der Waals surface area (Å²) >= 11 is 0. The molecule has 0 aromatic heterocycles. The molecule has 0 aromatic rings. The van der Waals surface area contributed by atoms with Crippen molar-refractivity contribution in [2.45, 2.75) is 253 Å². The second kappa shape index (κ2) is 21.8. The van der Waals surface area contributed by atoms with Gasteiger partial charge in [0.1, 0.15) is 66.8 Å². The number of allylic oxidation sites excluding steroid dienone is 1. The molecule has 22 nitrogen and oxygen atoms in total. The van der Waals surface area contributed by atoms with E-state index in [0.717, 1.165) is 38.5 Å². The molecule has 0 amide bonds. The van der Waals surface area contributed by atoms with Crippen molar-refractivity contribution >= 4 is 0 Å². The van der Waals surface area contributed by atoms with Crippen LogP contribution >= 0.6 is 0 Å². The number of aliphatic hydroxyl groups is 5. The zero-order chi connectivity index (χ0) is 54.7. The van der Waals surface area contributed by atoms with Crippen LogP contribution in [0.5, 0.6) is 0 Å². The smallest absolute Gasteiger partial charge is 0.202 e. The fraction of sp³-hybridized carbons (Fsp3) is 0.927. The largest absolute Gasteiger partial charge is 0.497 e. The summed E-state index contributed by atoms with van der Waals surface area (Å²) in [4.78, 5) is 0. The second-order valence-corrected chi connectivity index (χ2v) is 24.3. The molecule has 0 radical (unpaired) electrons. The lowest BCUT2D eigenvalue weighted by molar-refractivity contribution is -0.373. The summed E-state index contributed by atoms with van der Waals surface area (Å²) < 4.78 is 107. The van der Waals surface area contributed by atoms with Gasteiger partial charge < -0.3 is 106 Å². The summed E-state index contributed by atoms with van der Waals surface area (Å²) in [5.41, 5.74) is 1.48. The lowest BCUT2D eigenvalue weighted by atomic mass is 9.48. The van der Waals surface area contributed by atoms with Gasteiger partial charge in [-0.05, 0) is 84.5 Å². The van der Waals surface area contributed by atoms with Crippen molar-refractivity contribution in [3.8, 4) is 0 Å². The third kappa shape index (κ3) is 9.58. The Kier molecular flexibility index (Phi) is 16.2. The molecule has 11 rings (SSSR count). The van der Waals surface area contributed by atoms with Gasteiger partial charge in [-0.15, -0.1) is 0 Å². The normalized spacial score (nSPS) is 54.3. The van der Waals surface area contributed by atoms with E-state index < -0.39 is 141 Å². The van der Waals surface area contributed by atoms with Crippen molar-refractivity contribution in [3.05, 3.63) is 23.2 Å². The molecule has 29 atom stereocenters. The van der Waals surface area contributed by atoms with Gasteiger partial charge in [-0.3, -0.25) is 0 Å². The van der Waals surface area contributed by atoms with Gasteiger partial charge in [-0.1, -0.05) is 25.5 Å². The number of hydrogen-bond donors (Lipinski definition) is 5. The average Bonchev–Trinajstić information content (AvgIpc) is 3.94. The van der Waals surface area contributed by atoms with Crippen LogP contribution in [0.3, 0.4) is 0 Å². The number of methoxy groups -OCH3 is 4. The van der Waals surface area contributed by atoms with Crippen LogP contribution < -0.4 is 0 Å². The van der Waals surface area contributed by atoms with Crippen molar-refractivity contribution in [2.24, 2.45) is 28.6 Å². The molecule has 0 spiro atoms. The second-order valence-electron chi connectivity index (χ2n) is 24.3. The molecule has 438 valence electrons. The lowest BCUT2D eigenvalue weighted by Crippen LogP contribution is -2.65. The lowest BCUT2D eigenvalue weighted by Gasteiger charge is -2.59. The molecule has 2 bridgehead atoms. The quantitative estimate of drug-likeness (QED) is 0.148. The van der Waals surface area contributed by atoms with E-state index in [1.807, 2.05) is 20.8 Å². The summed E-state index contributed by atoms with van der Waals surface area (Å²) in [5.74, 6) is 1.06. The maximum atomic E-state index is 11.5. The van der Waals surface area contributed by atoms with Gasteiger partial charge in [-0.25, -0.2) is 0 Å². The first-order chi connectivity index (χ1) is 36.7. The maximum Gasteiger partial charge on any atom is 0.202 e. The SMILES string of the molecule is COC1=C(O[C@H]2C[C@H](OC)[C@H](O[C@H]3C[C@@H](OC)[C@H](O[C@@H]4O[C@H](C)[C@@H](O[C@@H]5O[C@H](CO)[C@@H](O)[C@H](O)[C@H]5O)[C@H](OC)[C@H]4O)[C@@H](C)O3)[C@@H](C)O2)[C@@H](C)O[C@@H](O[C@H]2CC[C@@]3(C)C(=CC[C@@H]4[C@@H]3CC[C@]3(C)[C@@H]5[C@H]6CO[C@@]5(C)O[C@@]43O6)C2)C1. The minimum atomic E-state index is -1.66. The van der Waals surface area contributed by atoms with Gasteiger partial charge in [0.25, 0.3) is 0 Å². The molecular formula is C55H86O22. The number of rotatable bonds is 15. The predicted octanol–water partition coefficient (Wildman–Crippen LogP) is 2.80. The van der Waals surface area contributed by atoms with Crippen LogP contribution in [0, 0.1) is 28.6 Å². The van der Waals surface area contributed by atoms with E-state index in [4.69, 9.17) is 80.5 Å². The van der Waals surface area contributed by atoms with Crippen molar-refractivity contribution in [1.82, 2.24) is 0 Å². The van der Waals surface area contributed by atoms with Crippen LogP contribution in [-0.2, 0) is 80.5 Å². The molecule has 8 heterocycles. The Labute approximate surface area is 451 Å². The van der Waals surface area contributed by atoms with Crippen LogP contribution in [0.15, 0.2) is 23.2 Å². The first-order valence-corrected chi connectivity index (χ1v) is 28.2. The Morgan fingerprint density at radius 1 is 0.649 bits per heavy atom. The van der Waals surface area contributed by atoms with Crippen molar-refractivity contribution in [2.75, 3.05) is 41.7 Å². The molecule has 5 N–H and O–H groups in total. The number of ether oxygens (including phenoxy) is 17. The van der Waals surface area contributed by atoms with Gasteiger partial charge in [0.15, 0.2) is 42.5 Å². The highest BCUT2D eigenvalue weighted by Gasteiger charge is 2.83. The van der Waals surface area contributed by atoms with E-state index in [1.54, 1.807) is 28.3 Å². The summed E-state index contributed by atoms with van der Waals surface area (Å²) in [6.45, 7) is 14.3. The van der Waals surface area contributed by atoms with Gasteiger partial charge in [0.05, 0.1) is 75.4 Å². The summed E-state index contributed by atoms with van der Waals surface area (Å²) in [5, 5.41) is 52.4. The van der Waals surface area contributed by atoms with Crippen LogP contribution in [-0.4, -0.2) is 214 Å². The van der Waals surface area contributed by atoms with Crippen molar-refractivity contribution in [1.29, 1.82) is 0 Å². The fourth-order valence-corrected chi connectivity index (χ4v) is 16.1. The third-order valence-corrected chi connectivity index (χ3v) is 20.0. The molecule has 0 aromatic carbocycles. The highest BCUT2D eigenvalue weighted by atomic mass is 16.8. The molecule has 3 aliphatic carbocycles. The molecule has 8 aliphatic heterocycles. The molecule has 9 fully saturated rings. The van der Waals surface area contributed by atoms with E-state index in [-0.39, 0.29) is 41.3 Å². The first-order valence-electron chi connectivity index (χ1n) is 28.2. The molecule has 0 unspecified atom stereocenters. The van der Waals surface area contributed by atoms with Crippen LogP contribution in [0.2, 0.25) is 0 Å². The number of hydrogen-bond acceptors (Lipinski definition) is 22. The van der Waals surface area contributed by atoms with Crippen molar-refractivity contribution < 1.29 is 106 Å². The van der Waals surface area contributed by atoms with Gasteiger partial charge in [-0.2, -0.15) is 0 Å². The molecule has 11 aliphatic rings. The Morgan fingerprint density at radius 2 is 1.32 bits per heavy atom. The highest BCUT2D eigenvalue weighted by Crippen LogP contribution is 2.76. The molecule has 22 heteroatoms. The summed E-state index contributed by atoms with van der Waals surface area (Å²) in [7, 11) is 6.20. The van der Waals surface area contributed by atoms with Crippen molar-refractivity contribution in [3.63, 3.8) is 0 Å².